The van der Waals surface area contributed by atoms with Crippen LogP contribution in [-0.2, 0) is 6.42 Å². The molecule has 0 fully saturated rings. The number of benzene rings is 3. The summed E-state index contributed by atoms with van der Waals surface area (Å²) in [6, 6.07) is 30.7. The van der Waals surface area contributed by atoms with Crippen LogP contribution in [0.25, 0.3) is 0 Å². The Morgan fingerprint density at radius 2 is 1.30 bits per heavy atom. The van der Waals surface area contributed by atoms with Gasteiger partial charge in [-0.25, -0.2) is 4.99 Å². The van der Waals surface area contributed by atoms with E-state index in [-0.39, 0.29) is 24.7 Å². The molecule has 0 spiro atoms. The molecule has 3 N–H and O–H groups in total. The molecule has 3 aromatic rings. The molecule has 0 unspecified atom stereocenters. The minimum atomic E-state index is -0.135. The molecule has 4 heteroatoms. The van der Waals surface area contributed by atoms with Crippen molar-refractivity contribution in [1.29, 1.82) is 0 Å². The summed E-state index contributed by atoms with van der Waals surface area (Å²) in [5, 5.41) is 16.9. The maximum atomic E-state index is 9.99. The maximum Gasteiger partial charge on any atom is 0.192 e. The highest BCUT2D eigenvalue weighted by Gasteiger charge is 2.15. The van der Waals surface area contributed by atoms with Gasteiger partial charge >= 0.3 is 0 Å². The van der Waals surface area contributed by atoms with E-state index in [9.17, 15) is 5.11 Å². The fourth-order valence-corrected chi connectivity index (χ4v) is 3.40. The van der Waals surface area contributed by atoms with E-state index in [4.69, 9.17) is 4.99 Å². The number of rotatable bonds is 8. The SMILES string of the molecule is C[C@H](N=C(N[C@@H](CO)Cc1ccccc1)N[C@@H](C)c1ccccc1)c1ccccc1. The van der Waals surface area contributed by atoms with Crippen molar-refractivity contribution in [2.75, 3.05) is 6.61 Å². The van der Waals surface area contributed by atoms with Crippen molar-refractivity contribution in [3.63, 3.8) is 0 Å². The summed E-state index contributed by atoms with van der Waals surface area (Å²) in [5.41, 5.74) is 3.51. The van der Waals surface area contributed by atoms with Gasteiger partial charge in [0.1, 0.15) is 0 Å². The van der Waals surface area contributed by atoms with Crippen LogP contribution in [0, 0.1) is 0 Å². The monoisotopic (exact) mass is 401 g/mol. The number of aliphatic imine (C=N–C) groups is 1. The van der Waals surface area contributed by atoms with Gasteiger partial charge < -0.3 is 15.7 Å². The van der Waals surface area contributed by atoms with Gasteiger partial charge in [0.2, 0.25) is 0 Å². The van der Waals surface area contributed by atoms with E-state index in [2.05, 4.69) is 60.9 Å². The van der Waals surface area contributed by atoms with E-state index in [0.717, 1.165) is 12.0 Å². The van der Waals surface area contributed by atoms with Crippen LogP contribution in [0.4, 0.5) is 0 Å². The number of aliphatic hydroxyl groups is 1. The Kier molecular flexibility index (Phi) is 8.04. The first-order valence-corrected chi connectivity index (χ1v) is 10.5. The quantitative estimate of drug-likeness (QED) is 0.380. The predicted octanol–water partition coefficient (Wildman–Crippen LogP) is 4.65. The van der Waals surface area contributed by atoms with Crippen molar-refractivity contribution < 1.29 is 5.11 Å². The summed E-state index contributed by atoms with van der Waals surface area (Å²) < 4.78 is 0. The average Bonchev–Trinajstić information content (AvgIpc) is 2.80. The molecule has 3 rings (SSSR count). The van der Waals surface area contributed by atoms with Crippen LogP contribution < -0.4 is 10.6 Å². The molecule has 0 heterocycles. The summed E-state index contributed by atoms with van der Waals surface area (Å²) in [6.07, 6.45) is 0.720. The Morgan fingerprint density at radius 3 is 1.87 bits per heavy atom. The van der Waals surface area contributed by atoms with Crippen molar-refractivity contribution in [2.24, 2.45) is 4.99 Å². The first kappa shape index (κ1) is 21.6. The fraction of sp³-hybridized carbons (Fsp3) is 0.269. The number of nitrogens with zero attached hydrogens (tertiary/aromatic N) is 1. The first-order chi connectivity index (χ1) is 14.7. The molecule has 3 atom stereocenters. The molecule has 0 amide bonds. The Bertz CT molecular complexity index is 897. The maximum absolute atomic E-state index is 9.99. The standard InChI is InChI=1S/C26H31N3O/c1-20(23-14-8-4-9-15-23)27-26(28-21(2)24-16-10-5-11-17-24)29-25(19-30)18-22-12-6-3-7-13-22/h3-17,20-21,25,30H,18-19H2,1-2H3,(H2,27,28,29)/t20-,21-,25+/m0/s1. The highest BCUT2D eigenvalue weighted by Crippen LogP contribution is 2.17. The van der Waals surface area contributed by atoms with Gasteiger partial charge in [-0.3, -0.25) is 0 Å². The van der Waals surface area contributed by atoms with Crippen molar-refractivity contribution in [3.8, 4) is 0 Å². The molecule has 0 saturated heterocycles. The smallest absolute Gasteiger partial charge is 0.192 e. The van der Waals surface area contributed by atoms with Crippen LogP contribution >= 0.6 is 0 Å². The van der Waals surface area contributed by atoms with Crippen LogP contribution in [0.5, 0.6) is 0 Å². The Hall–Kier alpha value is -3.11. The molecule has 156 valence electrons. The van der Waals surface area contributed by atoms with E-state index in [0.29, 0.717) is 5.96 Å². The van der Waals surface area contributed by atoms with Gasteiger partial charge in [-0.2, -0.15) is 0 Å². The van der Waals surface area contributed by atoms with E-state index >= 15 is 0 Å². The lowest BCUT2D eigenvalue weighted by molar-refractivity contribution is 0.253. The van der Waals surface area contributed by atoms with Gasteiger partial charge in [-0.05, 0) is 37.0 Å². The van der Waals surface area contributed by atoms with Gasteiger partial charge in [0, 0.05) is 0 Å². The van der Waals surface area contributed by atoms with Crippen molar-refractivity contribution in [3.05, 3.63) is 108 Å². The molecule has 4 nitrogen and oxygen atoms in total. The van der Waals surface area contributed by atoms with E-state index < -0.39 is 0 Å². The highest BCUT2D eigenvalue weighted by atomic mass is 16.3. The fourth-order valence-electron chi connectivity index (χ4n) is 3.40. The van der Waals surface area contributed by atoms with Crippen LogP contribution in [0.1, 0.15) is 42.6 Å². The molecule has 0 radical (unpaired) electrons. The average molecular weight is 402 g/mol. The third kappa shape index (κ3) is 6.46. The molecule has 0 aromatic heterocycles. The van der Waals surface area contributed by atoms with Crippen LogP contribution in [0.15, 0.2) is 96.0 Å². The number of guanidine groups is 1. The van der Waals surface area contributed by atoms with Gasteiger partial charge in [0.25, 0.3) is 0 Å². The molecule has 0 aliphatic carbocycles. The second-order valence-electron chi connectivity index (χ2n) is 7.55. The van der Waals surface area contributed by atoms with Gasteiger partial charge in [-0.1, -0.05) is 91.0 Å². The summed E-state index contributed by atoms with van der Waals surface area (Å²) in [5.74, 6) is 0.692. The second-order valence-corrected chi connectivity index (χ2v) is 7.55. The minimum absolute atomic E-state index is 0.0137. The zero-order valence-electron chi connectivity index (χ0n) is 17.7. The lowest BCUT2D eigenvalue weighted by Crippen LogP contribution is -2.47. The number of nitrogens with one attached hydrogen (secondary N) is 2. The van der Waals surface area contributed by atoms with Crippen molar-refractivity contribution in [1.82, 2.24) is 10.6 Å². The van der Waals surface area contributed by atoms with E-state index in [1.807, 2.05) is 54.6 Å². The lowest BCUT2D eigenvalue weighted by Gasteiger charge is -2.24. The summed E-state index contributed by atoms with van der Waals surface area (Å²) in [6.45, 7) is 4.22. The largest absolute Gasteiger partial charge is 0.394 e. The zero-order chi connectivity index (χ0) is 21.2. The van der Waals surface area contributed by atoms with Gasteiger partial charge in [-0.15, -0.1) is 0 Å². The van der Waals surface area contributed by atoms with E-state index in [1.54, 1.807) is 0 Å². The Morgan fingerprint density at radius 1 is 0.767 bits per heavy atom. The van der Waals surface area contributed by atoms with Crippen molar-refractivity contribution >= 4 is 5.96 Å². The highest BCUT2D eigenvalue weighted by molar-refractivity contribution is 5.81. The summed E-state index contributed by atoms with van der Waals surface area (Å²) in [7, 11) is 0. The normalized spacial score (nSPS) is 14.6. The Labute approximate surface area is 179 Å². The third-order valence-electron chi connectivity index (χ3n) is 5.14. The number of hydrogen-bond acceptors (Lipinski definition) is 2. The second kappa shape index (κ2) is 11.2. The summed E-state index contributed by atoms with van der Waals surface area (Å²) in [4.78, 5) is 4.92. The minimum Gasteiger partial charge on any atom is -0.394 e. The van der Waals surface area contributed by atoms with Crippen LogP contribution in [-0.4, -0.2) is 23.7 Å². The molecular weight excluding hydrogens is 370 g/mol. The molecule has 0 aliphatic rings. The summed E-state index contributed by atoms with van der Waals surface area (Å²) >= 11 is 0. The number of aliphatic hydroxyl groups excluding tert-OH is 1. The Balaban J connectivity index is 1.79. The van der Waals surface area contributed by atoms with Crippen LogP contribution in [0.2, 0.25) is 0 Å². The predicted molar refractivity (Wildman–Crippen MR) is 124 cm³/mol. The van der Waals surface area contributed by atoms with Gasteiger partial charge in [0.15, 0.2) is 5.96 Å². The molecular formula is C26H31N3O. The molecule has 3 aromatic carbocycles. The molecule has 0 saturated carbocycles. The topological polar surface area (TPSA) is 56.7 Å². The molecule has 30 heavy (non-hydrogen) atoms. The zero-order valence-corrected chi connectivity index (χ0v) is 17.7. The third-order valence-corrected chi connectivity index (χ3v) is 5.14. The first-order valence-electron chi connectivity index (χ1n) is 10.5. The lowest BCUT2D eigenvalue weighted by atomic mass is 10.1. The van der Waals surface area contributed by atoms with Crippen LogP contribution in [0.3, 0.4) is 0 Å². The molecule has 0 aliphatic heterocycles. The van der Waals surface area contributed by atoms with E-state index in [1.165, 1.54) is 11.1 Å². The number of hydrogen-bond donors (Lipinski definition) is 3. The van der Waals surface area contributed by atoms with Crippen molar-refractivity contribution in [2.45, 2.75) is 38.4 Å². The molecule has 0 bridgehead atoms. The van der Waals surface area contributed by atoms with Gasteiger partial charge in [0.05, 0.1) is 24.7 Å².